The zero-order valence-electron chi connectivity index (χ0n) is 14.8. The Morgan fingerprint density at radius 3 is 2.69 bits per heavy atom. The summed E-state index contributed by atoms with van der Waals surface area (Å²) < 4.78 is 14.1. The lowest BCUT2D eigenvalue weighted by atomic mass is 9.95. The van der Waals surface area contributed by atoms with Crippen molar-refractivity contribution in [3.05, 3.63) is 35.6 Å². The number of carbonyl (C=O) groups is 2. The maximum Gasteiger partial charge on any atom is 0.324 e. The molecule has 1 aliphatic heterocycles. The van der Waals surface area contributed by atoms with E-state index in [4.69, 9.17) is 0 Å². The van der Waals surface area contributed by atoms with E-state index in [0.717, 1.165) is 18.4 Å². The molecular weight excluding hydrogens is 337 g/mol. The number of rotatable bonds is 7. The van der Waals surface area contributed by atoms with E-state index >= 15 is 0 Å². The first-order valence-corrected chi connectivity index (χ1v) is 8.91. The van der Waals surface area contributed by atoms with Gasteiger partial charge in [0.1, 0.15) is 5.82 Å². The van der Waals surface area contributed by atoms with Gasteiger partial charge in [-0.25, -0.2) is 9.18 Å². The fourth-order valence-corrected chi connectivity index (χ4v) is 3.09. The third kappa shape index (κ3) is 3.95. The number of hydrogen-bond donors (Lipinski definition) is 3. The van der Waals surface area contributed by atoms with E-state index in [1.54, 1.807) is 6.07 Å². The molecule has 140 valence electrons. The summed E-state index contributed by atoms with van der Waals surface area (Å²) in [4.78, 5) is 28.9. The fraction of sp³-hybridized carbons (Fsp3) is 0.500. The van der Waals surface area contributed by atoms with Crippen molar-refractivity contribution in [3.63, 3.8) is 0 Å². The predicted octanol–water partition coefficient (Wildman–Crippen LogP) is 0.964. The molecule has 1 heterocycles. The Bertz CT molecular complexity index is 701. The molecule has 1 saturated carbocycles. The predicted molar refractivity (Wildman–Crippen MR) is 96.4 cm³/mol. The highest BCUT2D eigenvalue weighted by molar-refractivity contribution is 6.01. The highest BCUT2D eigenvalue weighted by atomic mass is 19.1. The van der Waals surface area contributed by atoms with Crippen LogP contribution in [-0.2, 0) is 10.2 Å². The Morgan fingerprint density at radius 1 is 1.31 bits per heavy atom. The molecule has 0 radical (unpaired) electrons. The molecule has 2 fully saturated rings. The van der Waals surface area contributed by atoms with Crippen molar-refractivity contribution in [3.8, 4) is 0 Å². The summed E-state index contributed by atoms with van der Waals surface area (Å²) in [6, 6.07) is 6.50. The van der Waals surface area contributed by atoms with Crippen LogP contribution in [0.1, 0.15) is 25.3 Å². The van der Waals surface area contributed by atoms with Gasteiger partial charge in [0.05, 0.1) is 13.1 Å². The summed E-state index contributed by atoms with van der Waals surface area (Å²) in [5.74, 6) is 0.189. The Kier molecular flexibility index (Phi) is 5.39. The van der Waals surface area contributed by atoms with Gasteiger partial charge in [0.2, 0.25) is 5.91 Å². The molecule has 1 aliphatic carbocycles. The second-order valence-electron chi connectivity index (χ2n) is 6.59. The summed E-state index contributed by atoms with van der Waals surface area (Å²) in [6.45, 7) is 3.86. The molecule has 1 saturated heterocycles. The van der Waals surface area contributed by atoms with E-state index in [1.807, 2.05) is 19.1 Å². The topological polar surface area (TPSA) is 85.8 Å². The Hall–Kier alpha value is -2.64. The third-order valence-electron chi connectivity index (χ3n) is 4.75. The van der Waals surface area contributed by atoms with E-state index in [9.17, 15) is 14.0 Å². The van der Waals surface area contributed by atoms with Crippen LogP contribution in [0.2, 0.25) is 0 Å². The molecule has 3 N–H and O–H groups in total. The molecule has 0 aromatic heterocycles. The first kappa shape index (κ1) is 18.2. The summed E-state index contributed by atoms with van der Waals surface area (Å²) in [5, 5.41) is 8.75. The van der Waals surface area contributed by atoms with Crippen LogP contribution in [0.4, 0.5) is 9.18 Å². The normalized spacial score (nSPS) is 18.7. The number of imide groups is 1. The molecule has 7 nitrogen and oxygen atoms in total. The van der Waals surface area contributed by atoms with Crippen LogP contribution in [-0.4, -0.2) is 55.5 Å². The molecule has 0 atom stereocenters. The average Bonchev–Trinajstić information content (AvgIpc) is 3.35. The summed E-state index contributed by atoms with van der Waals surface area (Å²) >= 11 is 0. The second-order valence-corrected chi connectivity index (χ2v) is 6.59. The Morgan fingerprint density at radius 2 is 2.08 bits per heavy atom. The van der Waals surface area contributed by atoms with Crippen molar-refractivity contribution >= 4 is 17.9 Å². The molecule has 0 unspecified atom stereocenters. The van der Waals surface area contributed by atoms with Crippen molar-refractivity contribution in [1.29, 1.82) is 0 Å². The van der Waals surface area contributed by atoms with Gasteiger partial charge in [-0.3, -0.25) is 14.7 Å². The van der Waals surface area contributed by atoms with Crippen LogP contribution in [0, 0.1) is 5.82 Å². The van der Waals surface area contributed by atoms with Gasteiger partial charge in [-0.2, -0.15) is 0 Å². The maximum atomic E-state index is 14.1. The van der Waals surface area contributed by atoms with Crippen molar-refractivity contribution < 1.29 is 14.0 Å². The van der Waals surface area contributed by atoms with Gasteiger partial charge in [-0.1, -0.05) is 18.2 Å². The quantitative estimate of drug-likeness (QED) is 0.384. The van der Waals surface area contributed by atoms with Gasteiger partial charge in [-0.05, 0) is 31.4 Å². The zero-order valence-corrected chi connectivity index (χ0v) is 14.8. The van der Waals surface area contributed by atoms with Crippen LogP contribution in [0.25, 0.3) is 0 Å². The van der Waals surface area contributed by atoms with Crippen molar-refractivity contribution in [2.24, 2.45) is 4.99 Å². The SMILES string of the molecule is CCNC(=NCC1(c2ccccc2F)CC1)NCCN1C(=O)CNC1=O. The smallest absolute Gasteiger partial charge is 0.324 e. The highest BCUT2D eigenvalue weighted by Gasteiger charge is 2.45. The van der Waals surface area contributed by atoms with Crippen molar-refractivity contribution in [2.75, 3.05) is 32.7 Å². The minimum absolute atomic E-state index is 0.0537. The van der Waals surface area contributed by atoms with Gasteiger partial charge >= 0.3 is 6.03 Å². The lowest BCUT2D eigenvalue weighted by Crippen LogP contribution is -2.43. The number of carbonyl (C=O) groups excluding carboxylic acids is 2. The number of aliphatic imine (C=N–C) groups is 1. The lowest BCUT2D eigenvalue weighted by Gasteiger charge is -2.17. The molecule has 0 spiro atoms. The van der Waals surface area contributed by atoms with E-state index in [-0.39, 0.29) is 36.3 Å². The molecule has 1 aromatic rings. The van der Waals surface area contributed by atoms with Crippen molar-refractivity contribution in [1.82, 2.24) is 20.9 Å². The lowest BCUT2D eigenvalue weighted by molar-refractivity contribution is -0.124. The fourth-order valence-electron chi connectivity index (χ4n) is 3.09. The molecule has 3 amide bonds. The number of hydrogen-bond acceptors (Lipinski definition) is 3. The second kappa shape index (κ2) is 7.72. The largest absolute Gasteiger partial charge is 0.357 e. The average molecular weight is 361 g/mol. The van der Waals surface area contributed by atoms with Gasteiger partial charge in [0.25, 0.3) is 0 Å². The standard InChI is InChI=1S/C18H24FN5O2/c1-2-20-16(21-9-10-24-15(25)11-22-17(24)26)23-12-18(7-8-18)13-5-3-4-6-14(13)19/h3-6H,2,7-12H2,1H3,(H,22,26)(H2,20,21,23). The maximum absolute atomic E-state index is 14.1. The number of amides is 3. The number of urea groups is 1. The van der Waals surface area contributed by atoms with Gasteiger partial charge in [0, 0.05) is 25.0 Å². The highest BCUT2D eigenvalue weighted by Crippen LogP contribution is 2.49. The Labute approximate surface area is 152 Å². The molecule has 2 aliphatic rings. The molecule has 0 bridgehead atoms. The molecule has 3 rings (SSSR count). The third-order valence-corrected chi connectivity index (χ3v) is 4.75. The number of nitrogens with one attached hydrogen (secondary N) is 3. The van der Waals surface area contributed by atoms with E-state index in [1.165, 1.54) is 11.0 Å². The van der Waals surface area contributed by atoms with E-state index in [2.05, 4.69) is 20.9 Å². The molecule has 8 heteroatoms. The summed E-state index contributed by atoms with van der Waals surface area (Å²) in [5.41, 5.74) is 0.498. The van der Waals surface area contributed by atoms with E-state index < -0.39 is 0 Å². The minimum Gasteiger partial charge on any atom is -0.357 e. The first-order valence-electron chi connectivity index (χ1n) is 8.91. The van der Waals surface area contributed by atoms with Gasteiger partial charge in [-0.15, -0.1) is 0 Å². The minimum atomic E-state index is -0.366. The van der Waals surface area contributed by atoms with Crippen LogP contribution >= 0.6 is 0 Å². The van der Waals surface area contributed by atoms with Crippen LogP contribution in [0.3, 0.4) is 0 Å². The number of benzene rings is 1. The molecular formula is C18H24FN5O2. The number of guanidine groups is 1. The summed E-state index contributed by atoms with van der Waals surface area (Å²) in [6.07, 6.45) is 1.83. The monoisotopic (exact) mass is 361 g/mol. The van der Waals surface area contributed by atoms with Gasteiger partial charge < -0.3 is 16.0 Å². The van der Waals surface area contributed by atoms with Crippen LogP contribution in [0.5, 0.6) is 0 Å². The van der Waals surface area contributed by atoms with E-state index in [0.29, 0.717) is 25.6 Å². The Balaban J connectivity index is 1.58. The first-order chi connectivity index (χ1) is 12.6. The van der Waals surface area contributed by atoms with Gasteiger partial charge in [0.15, 0.2) is 5.96 Å². The number of halogens is 1. The molecule has 26 heavy (non-hydrogen) atoms. The zero-order chi connectivity index (χ0) is 18.6. The van der Waals surface area contributed by atoms with Crippen LogP contribution < -0.4 is 16.0 Å². The summed E-state index contributed by atoms with van der Waals surface area (Å²) in [7, 11) is 0. The molecule has 1 aromatic carbocycles. The van der Waals surface area contributed by atoms with Crippen LogP contribution in [0.15, 0.2) is 29.3 Å². The van der Waals surface area contributed by atoms with Crippen molar-refractivity contribution in [2.45, 2.75) is 25.2 Å². The number of nitrogens with zero attached hydrogens (tertiary/aromatic N) is 2.